The highest BCUT2D eigenvalue weighted by Crippen LogP contribution is 2.35. The van der Waals surface area contributed by atoms with E-state index in [-0.39, 0.29) is 5.92 Å². The van der Waals surface area contributed by atoms with Crippen LogP contribution in [-0.2, 0) is 0 Å². The van der Waals surface area contributed by atoms with E-state index >= 15 is 0 Å². The van der Waals surface area contributed by atoms with Gasteiger partial charge in [-0.25, -0.2) is 0 Å². The molecule has 0 aliphatic rings. The van der Waals surface area contributed by atoms with E-state index in [1.165, 1.54) is 44.5 Å². The van der Waals surface area contributed by atoms with Gasteiger partial charge in [0.2, 0.25) is 0 Å². The molecule has 0 amide bonds. The highest BCUT2D eigenvalue weighted by Gasteiger charge is 2.16. The lowest BCUT2D eigenvalue weighted by Crippen LogP contribution is -2.09. The number of hydrogen-bond donors (Lipinski definition) is 0. The lowest BCUT2D eigenvalue weighted by atomic mass is 9.85. The van der Waals surface area contributed by atoms with Crippen molar-refractivity contribution in [1.29, 1.82) is 0 Å². The molecule has 0 heterocycles. The SMILES string of the molecule is C(=C\c1ccc(C(c2ccccc2)c2ccccc2)cc1)/c1ccc(-c2ccc(/C=C/c3ccc(N(c4ccccc4)c4ccccc4)cc3)cc2)cc1. The van der Waals surface area contributed by atoms with Gasteiger partial charge in [0, 0.05) is 23.0 Å². The third kappa shape index (κ3) is 8.23. The van der Waals surface area contributed by atoms with Crippen molar-refractivity contribution in [3.05, 3.63) is 257 Å². The van der Waals surface area contributed by atoms with Crippen LogP contribution in [0, 0.1) is 0 Å². The second-order valence-corrected chi connectivity index (χ2v) is 13.4. The third-order valence-corrected chi connectivity index (χ3v) is 9.81. The molecule has 0 atom stereocenters. The molecule has 8 rings (SSSR count). The predicted molar refractivity (Wildman–Crippen MR) is 231 cm³/mol. The van der Waals surface area contributed by atoms with E-state index in [0.717, 1.165) is 22.6 Å². The first kappa shape index (κ1) is 34.1. The second kappa shape index (κ2) is 16.6. The molecule has 1 heteroatoms. The number of benzene rings is 8. The van der Waals surface area contributed by atoms with Gasteiger partial charge in [-0.05, 0) is 86.5 Å². The van der Waals surface area contributed by atoms with E-state index in [9.17, 15) is 0 Å². The van der Waals surface area contributed by atoms with Crippen LogP contribution >= 0.6 is 0 Å². The molecular weight excluding hydrogens is 651 g/mol. The Morgan fingerprint density at radius 1 is 0.259 bits per heavy atom. The van der Waals surface area contributed by atoms with Gasteiger partial charge in [-0.1, -0.05) is 206 Å². The maximum Gasteiger partial charge on any atom is 0.0462 e. The molecule has 0 fully saturated rings. The van der Waals surface area contributed by atoms with E-state index in [1.54, 1.807) is 0 Å². The Hall–Kier alpha value is -6.96. The summed E-state index contributed by atoms with van der Waals surface area (Å²) in [5.41, 5.74) is 14.4. The molecular formula is C53H41N. The van der Waals surface area contributed by atoms with Crippen molar-refractivity contribution in [2.24, 2.45) is 0 Å². The van der Waals surface area contributed by atoms with Crippen LogP contribution in [0.15, 0.2) is 218 Å². The highest BCUT2D eigenvalue weighted by molar-refractivity contribution is 5.79. The molecule has 0 saturated heterocycles. The molecule has 0 aliphatic carbocycles. The first-order chi connectivity index (χ1) is 26.8. The first-order valence-corrected chi connectivity index (χ1v) is 18.5. The molecule has 0 spiro atoms. The molecule has 54 heavy (non-hydrogen) atoms. The molecule has 8 aromatic carbocycles. The quantitative estimate of drug-likeness (QED) is 0.0964. The van der Waals surface area contributed by atoms with Crippen LogP contribution in [0.1, 0.15) is 44.9 Å². The smallest absolute Gasteiger partial charge is 0.0462 e. The molecule has 1 nitrogen and oxygen atoms in total. The summed E-state index contributed by atoms with van der Waals surface area (Å²) in [7, 11) is 0. The summed E-state index contributed by atoms with van der Waals surface area (Å²) < 4.78 is 0. The fourth-order valence-corrected chi connectivity index (χ4v) is 6.96. The van der Waals surface area contributed by atoms with Crippen LogP contribution in [0.3, 0.4) is 0 Å². The van der Waals surface area contributed by atoms with Crippen molar-refractivity contribution < 1.29 is 0 Å². The zero-order chi connectivity index (χ0) is 36.4. The number of hydrogen-bond acceptors (Lipinski definition) is 1. The standard InChI is InChI=1S/C53H41N/c1-5-13-47(14-6-1)53(48-15-7-2-8-16-48)49-37-29-43(30-38-49)22-21-41-25-33-45(34-26-41)46-35-27-42(28-36-46)23-24-44-31-39-52(40-32-44)54(50-17-9-3-10-18-50)51-19-11-4-12-20-51/h1-40,53H/b22-21+,24-23+. The molecule has 0 radical (unpaired) electrons. The molecule has 0 aromatic heterocycles. The van der Waals surface area contributed by atoms with E-state index < -0.39 is 0 Å². The molecule has 0 N–H and O–H groups in total. The van der Waals surface area contributed by atoms with Crippen molar-refractivity contribution in [3.8, 4) is 11.1 Å². The summed E-state index contributed by atoms with van der Waals surface area (Å²) in [4.78, 5) is 2.28. The van der Waals surface area contributed by atoms with E-state index in [0.29, 0.717) is 0 Å². The van der Waals surface area contributed by atoms with E-state index in [4.69, 9.17) is 0 Å². The Bertz CT molecular complexity index is 2160. The van der Waals surface area contributed by atoms with Crippen LogP contribution in [0.2, 0.25) is 0 Å². The molecule has 0 aliphatic heterocycles. The van der Waals surface area contributed by atoms with Crippen LogP contribution < -0.4 is 4.90 Å². The average molecular weight is 692 g/mol. The van der Waals surface area contributed by atoms with Gasteiger partial charge in [0.15, 0.2) is 0 Å². The third-order valence-electron chi connectivity index (χ3n) is 9.81. The lowest BCUT2D eigenvalue weighted by molar-refractivity contribution is 0.977. The Morgan fingerprint density at radius 3 is 0.907 bits per heavy atom. The Balaban J connectivity index is 0.904. The summed E-state index contributed by atoms with van der Waals surface area (Å²) in [6.07, 6.45) is 8.73. The van der Waals surface area contributed by atoms with E-state index in [2.05, 4.69) is 248 Å². The Kier molecular flexibility index (Phi) is 10.5. The maximum atomic E-state index is 2.28. The summed E-state index contributed by atoms with van der Waals surface area (Å²) in [6.45, 7) is 0. The zero-order valence-corrected chi connectivity index (χ0v) is 30.1. The first-order valence-electron chi connectivity index (χ1n) is 18.5. The monoisotopic (exact) mass is 691 g/mol. The van der Waals surface area contributed by atoms with Crippen LogP contribution in [0.5, 0.6) is 0 Å². The average Bonchev–Trinajstić information content (AvgIpc) is 3.25. The van der Waals surface area contributed by atoms with Gasteiger partial charge in [0.1, 0.15) is 0 Å². The molecule has 0 unspecified atom stereocenters. The fourth-order valence-electron chi connectivity index (χ4n) is 6.96. The normalized spacial score (nSPS) is 11.4. The van der Waals surface area contributed by atoms with Gasteiger partial charge in [0.25, 0.3) is 0 Å². The number of nitrogens with zero attached hydrogens (tertiary/aromatic N) is 1. The lowest BCUT2D eigenvalue weighted by Gasteiger charge is -2.25. The number of para-hydroxylation sites is 2. The van der Waals surface area contributed by atoms with Crippen LogP contribution in [-0.4, -0.2) is 0 Å². The van der Waals surface area contributed by atoms with Crippen molar-refractivity contribution in [1.82, 2.24) is 0 Å². The molecule has 8 aromatic rings. The minimum Gasteiger partial charge on any atom is -0.311 e. The van der Waals surface area contributed by atoms with Crippen LogP contribution in [0.4, 0.5) is 17.1 Å². The number of anilines is 3. The topological polar surface area (TPSA) is 3.24 Å². The molecule has 0 bridgehead atoms. The van der Waals surface area contributed by atoms with Gasteiger partial charge >= 0.3 is 0 Å². The second-order valence-electron chi connectivity index (χ2n) is 13.4. The highest BCUT2D eigenvalue weighted by atomic mass is 15.1. The van der Waals surface area contributed by atoms with Gasteiger partial charge in [-0.3, -0.25) is 0 Å². The minimum absolute atomic E-state index is 0.207. The fraction of sp³-hybridized carbons (Fsp3) is 0.0189. The van der Waals surface area contributed by atoms with Gasteiger partial charge in [-0.2, -0.15) is 0 Å². The predicted octanol–water partition coefficient (Wildman–Crippen LogP) is 14.3. The number of rotatable bonds is 11. The summed E-state index contributed by atoms with van der Waals surface area (Å²) in [5.74, 6) is 0.207. The zero-order valence-electron chi connectivity index (χ0n) is 30.1. The van der Waals surface area contributed by atoms with Crippen molar-refractivity contribution in [3.63, 3.8) is 0 Å². The van der Waals surface area contributed by atoms with Gasteiger partial charge < -0.3 is 4.90 Å². The molecule has 258 valence electrons. The van der Waals surface area contributed by atoms with Crippen LogP contribution in [0.25, 0.3) is 35.4 Å². The van der Waals surface area contributed by atoms with E-state index in [1.807, 2.05) is 0 Å². The van der Waals surface area contributed by atoms with Crippen molar-refractivity contribution >= 4 is 41.4 Å². The van der Waals surface area contributed by atoms with Crippen molar-refractivity contribution in [2.75, 3.05) is 4.90 Å². The maximum absolute atomic E-state index is 2.28. The van der Waals surface area contributed by atoms with Gasteiger partial charge in [-0.15, -0.1) is 0 Å². The van der Waals surface area contributed by atoms with Gasteiger partial charge in [0.05, 0.1) is 0 Å². The Labute approximate surface area is 319 Å². The minimum atomic E-state index is 0.207. The molecule has 0 saturated carbocycles. The largest absolute Gasteiger partial charge is 0.311 e. The Morgan fingerprint density at radius 2 is 0.537 bits per heavy atom. The summed E-state index contributed by atoms with van der Waals surface area (Å²) in [5, 5.41) is 0. The van der Waals surface area contributed by atoms with Crippen molar-refractivity contribution in [2.45, 2.75) is 5.92 Å². The summed E-state index contributed by atoms with van der Waals surface area (Å²) in [6, 6.07) is 77.7. The summed E-state index contributed by atoms with van der Waals surface area (Å²) >= 11 is 0.